The predicted molar refractivity (Wildman–Crippen MR) is 82.3 cm³/mol. The van der Waals surface area contributed by atoms with Crippen molar-refractivity contribution < 1.29 is 8.42 Å². The number of rotatable bonds is 3. The number of nitrogen functional groups attached to an aromatic ring is 1. The van der Waals surface area contributed by atoms with E-state index < -0.39 is 10.0 Å². The molecule has 0 amide bonds. The lowest BCUT2D eigenvalue weighted by Gasteiger charge is -2.12. The standard InChI is InChI=1S/C14H21ClN2O2S/c1-8-10(16)6-9(15)7-11(8)20(18,19)17-12-13(2,3)14(12,4)5/h6-7,12,17H,16H2,1-5H3. The number of sulfonamides is 1. The number of halogens is 1. The summed E-state index contributed by atoms with van der Waals surface area (Å²) in [6, 6.07) is 2.90. The van der Waals surface area contributed by atoms with Crippen LogP contribution in [0.25, 0.3) is 0 Å². The summed E-state index contributed by atoms with van der Waals surface area (Å²) in [4.78, 5) is 0.154. The Hall–Kier alpha value is -0.780. The maximum absolute atomic E-state index is 12.6. The van der Waals surface area contributed by atoms with E-state index in [4.69, 9.17) is 17.3 Å². The van der Waals surface area contributed by atoms with E-state index in [2.05, 4.69) is 32.4 Å². The van der Waals surface area contributed by atoms with Gasteiger partial charge in [0, 0.05) is 16.8 Å². The van der Waals surface area contributed by atoms with E-state index in [0.29, 0.717) is 16.3 Å². The highest BCUT2D eigenvalue weighted by atomic mass is 35.5. The van der Waals surface area contributed by atoms with Crippen molar-refractivity contribution in [2.45, 2.75) is 45.6 Å². The quantitative estimate of drug-likeness (QED) is 0.842. The molecule has 112 valence electrons. The first-order chi connectivity index (χ1) is 8.91. The topological polar surface area (TPSA) is 72.2 Å². The number of anilines is 1. The SMILES string of the molecule is Cc1c(N)cc(Cl)cc1S(=O)(=O)NC1C(C)(C)C1(C)C. The molecule has 4 nitrogen and oxygen atoms in total. The summed E-state index contributed by atoms with van der Waals surface area (Å²) in [7, 11) is -3.63. The van der Waals surface area contributed by atoms with Gasteiger partial charge in [0.2, 0.25) is 10.0 Å². The molecule has 2 rings (SSSR count). The van der Waals surface area contributed by atoms with Crippen LogP contribution in [0.4, 0.5) is 5.69 Å². The third-order valence-corrected chi connectivity index (χ3v) is 6.72. The van der Waals surface area contributed by atoms with Gasteiger partial charge < -0.3 is 5.73 Å². The Morgan fingerprint density at radius 3 is 2.15 bits per heavy atom. The van der Waals surface area contributed by atoms with Gasteiger partial charge in [0.15, 0.2) is 0 Å². The molecule has 1 saturated carbocycles. The molecule has 6 heteroatoms. The average Bonchev–Trinajstić information content (AvgIpc) is 2.65. The number of nitrogens with one attached hydrogen (secondary N) is 1. The van der Waals surface area contributed by atoms with E-state index in [0.717, 1.165) is 0 Å². The Kier molecular flexibility index (Phi) is 3.40. The van der Waals surface area contributed by atoms with Crippen LogP contribution in [0, 0.1) is 17.8 Å². The fraction of sp³-hybridized carbons (Fsp3) is 0.571. The molecule has 20 heavy (non-hydrogen) atoms. The van der Waals surface area contributed by atoms with Crippen LogP contribution in [0.2, 0.25) is 5.02 Å². The minimum absolute atomic E-state index is 0.0713. The van der Waals surface area contributed by atoms with E-state index in [1.54, 1.807) is 13.0 Å². The molecule has 0 saturated heterocycles. The van der Waals surface area contributed by atoms with Gasteiger partial charge in [0.25, 0.3) is 0 Å². The van der Waals surface area contributed by atoms with Gasteiger partial charge in [-0.05, 0) is 35.4 Å². The van der Waals surface area contributed by atoms with E-state index in [9.17, 15) is 8.42 Å². The van der Waals surface area contributed by atoms with Crippen LogP contribution >= 0.6 is 11.6 Å². The Morgan fingerprint density at radius 2 is 1.70 bits per heavy atom. The summed E-state index contributed by atoms with van der Waals surface area (Å²) < 4.78 is 27.9. The van der Waals surface area contributed by atoms with Crippen molar-refractivity contribution >= 4 is 27.3 Å². The fourth-order valence-corrected chi connectivity index (χ4v) is 4.78. The van der Waals surface area contributed by atoms with Crippen molar-refractivity contribution in [1.29, 1.82) is 0 Å². The van der Waals surface area contributed by atoms with Crippen molar-refractivity contribution in [3.63, 3.8) is 0 Å². The molecule has 0 bridgehead atoms. The molecule has 0 radical (unpaired) electrons. The summed E-state index contributed by atoms with van der Waals surface area (Å²) in [6.45, 7) is 9.90. The number of benzene rings is 1. The second-order valence-corrected chi connectivity index (χ2v) is 8.73. The summed E-state index contributed by atoms with van der Waals surface area (Å²) in [6.07, 6.45) is 0. The van der Waals surface area contributed by atoms with Gasteiger partial charge in [-0.25, -0.2) is 13.1 Å². The third kappa shape index (κ3) is 2.22. The van der Waals surface area contributed by atoms with Crippen LogP contribution in [-0.2, 0) is 10.0 Å². The first kappa shape index (κ1) is 15.6. The smallest absolute Gasteiger partial charge is 0.241 e. The van der Waals surface area contributed by atoms with Crippen LogP contribution in [0.1, 0.15) is 33.3 Å². The second-order valence-electron chi connectivity index (χ2n) is 6.62. The number of hydrogen-bond donors (Lipinski definition) is 2. The first-order valence-electron chi connectivity index (χ1n) is 6.49. The molecular formula is C14H21ClN2O2S. The molecule has 0 aromatic heterocycles. The zero-order valence-electron chi connectivity index (χ0n) is 12.4. The van der Waals surface area contributed by atoms with Crippen LogP contribution < -0.4 is 10.5 Å². The molecule has 1 fully saturated rings. The monoisotopic (exact) mass is 316 g/mol. The average molecular weight is 317 g/mol. The van der Waals surface area contributed by atoms with E-state index in [-0.39, 0.29) is 21.8 Å². The van der Waals surface area contributed by atoms with Gasteiger partial charge in [-0.3, -0.25) is 0 Å². The lowest BCUT2D eigenvalue weighted by atomic mass is 10.0. The molecule has 3 N–H and O–H groups in total. The summed E-state index contributed by atoms with van der Waals surface area (Å²) in [5.41, 5.74) is 6.56. The maximum Gasteiger partial charge on any atom is 0.241 e. The van der Waals surface area contributed by atoms with Crippen molar-refractivity contribution in [2.24, 2.45) is 10.8 Å². The third-order valence-electron chi connectivity index (χ3n) is 4.95. The van der Waals surface area contributed by atoms with Crippen molar-refractivity contribution in [1.82, 2.24) is 4.72 Å². The van der Waals surface area contributed by atoms with Crippen LogP contribution in [0.15, 0.2) is 17.0 Å². The largest absolute Gasteiger partial charge is 0.398 e. The highest BCUT2D eigenvalue weighted by Crippen LogP contribution is 2.63. The zero-order chi connectivity index (χ0) is 15.5. The van der Waals surface area contributed by atoms with Gasteiger partial charge >= 0.3 is 0 Å². The molecule has 1 aromatic rings. The molecule has 0 heterocycles. The highest BCUT2D eigenvalue weighted by Gasteiger charge is 2.66. The minimum Gasteiger partial charge on any atom is -0.398 e. The lowest BCUT2D eigenvalue weighted by Crippen LogP contribution is -2.30. The van der Waals surface area contributed by atoms with Crippen LogP contribution in [-0.4, -0.2) is 14.5 Å². The minimum atomic E-state index is -3.63. The number of hydrogen-bond acceptors (Lipinski definition) is 3. The van der Waals surface area contributed by atoms with Crippen molar-refractivity contribution in [2.75, 3.05) is 5.73 Å². The fourth-order valence-electron chi connectivity index (χ4n) is 2.66. The Labute approximate surface area is 125 Å². The predicted octanol–water partition coefficient (Wildman–Crippen LogP) is 2.94. The van der Waals surface area contributed by atoms with Crippen LogP contribution in [0.3, 0.4) is 0 Å². The molecule has 0 spiro atoms. The molecule has 1 aliphatic carbocycles. The second kappa shape index (κ2) is 4.36. The van der Waals surface area contributed by atoms with Gasteiger partial charge in [-0.15, -0.1) is 0 Å². The van der Waals surface area contributed by atoms with Crippen molar-refractivity contribution in [3.05, 3.63) is 22.7 Å². The molecule has 0 aliphatic heterocycles. The van der Waals surface area contributed by atoms with Crippen LogP contribution in [0.5, 0.6) is 0 Å². The van der Waals surface area contributed by atoms with E-state index in [1.165, 1.54) is 6.07 Å². The van der Waals surface area contributed by atoms with Gasteiger partial charge in [-0.2, -0.15) is 0 Å². The Balaban J connectivity index is 2.39. The summed E-state index contributed by atoms with van der Waals surface area (Å²) >= 11 is 5.92. The van der Waals surface area contributed by atoms with E-state index >= 15 is 0 Å². The van der Waals surface area contributed by atoms with E-state index in [1.807, 2.05) is 0 Å². The first-order valence-corrected chi connectivity index (χ1v) is 8.35. The Morgan fingerprint density at radius 1 is 1.20 bits per heavy atom. The van der Waals surface area contributed by atoms with Gasteiger partial charge in [-0.1, -0.05) is 39.3 Å². The molecular weight excluding hydrogens is 296 g/mol. The van der Waals surface area contributed by atoms with Crippen molar-refractivity contribution in [3.8, 4) is 0 Å². The highest BCUT2D eigenvalue weighted by molar-refractivity contribution is 7.89. The molecule has 1 aromatic carbocycles. The molecule has 1 aliphatic rings. The Bertz CT molecular complexity index is 652. The normalized spacial score (nSPS) is 20.9. The maximum atomic E-state index is 12.6. The molecule has 0 atom stereocenters. The van der Waals surface area contributed by atoms with Gasteiger partial charge in [0.1, 0.15) is 0 Å². The summed E-state index contributed by atoms with van der Waals surface area (Å²) in [5, 5.41) is 0.322. The van der Waals surface area contributed by atoms with Gasteiger partial charge in [0.05, 0.1) is 4.90 Å². The zero-order valence-corrected chi connectivity index (χ0v) is 14.0. The lowest BCUT2D eigenvalue weighted by molar-refractivity contribution is 0.457. The molecule has 0 unspecified atom stereocenters. The number of nitrogens with two attached hydrogens (primary N) is 1. The summed E-state index contributed by atoms with van der Waals surface area (Å²) in [5.74, 6) is 0.